The molecule has 2 nitrogen and oxygen atoms in total. The molecule has 0 unspecified atom stereocenters. The summed E-state index contributed by atoms with van der Waals surface area (Å²) in [4.78, 5) is 2.37. The maximum atomic E-state index is 5.66. The molecule has 0 radical (unpaired) electrons. The highest BCUT2D eigenvalue weighted by Gasteiger charge is 2.05. The highest BCUT2D eigenvalue weighted by atomic mass is 79.9. The topological polar surface area (TPSA) is 29.3 Å². The number of rotatable bonds is 5. The van der Waals surface area contributed by atoms with Crippen molar-refractivity contribution < 1.29 is 0 Å². The van der Waals surface area contributed by atoms with E-state index in [-0.39, 0.29) is 0 Å². The van der Waals surface area contributed by atoms with Gasteiger partial charge >= 0.3 is 0 Å². The van der Waals surface area contributed by atoms with Crippen molar-refractivity contribution in [2.24, 2.45) is 5.73 Å². The Balaban J connectivity index is 2.95. The van der Waals surface area contributed by atoms with Gasteiger partial charge in [-0.25, -0.2) is 0 Å². The smallest absolute Gasteiger partial charge is 0.0380 e. The van der Waals surface area contributed by atoms with Crippen molar-refractivity contribution in [3.05, 3.63) is 28.2 Å². The average molecular weight is 271 g/mol. The van der Waals surface area contributed by atoms with Crippen LogP contribution in [-0.2, 0) is 6.54 Å². The lowest BCUT2D eigenvalue weighted by Gasteiger charge is -2.23. The zero-order valence-electron chi connectivity index (χ0n) is 9.46. The van der Waals surface area contributed by atoms with E-state index in [4.69, 9.17) is 5.73 Å². The second-order valence-corrected chi connectivity index (χ2v) is 4.52. The Morgan fingerprint density at radius 1 is 1.27 bits per heavy atom. The summed E-state index contributed by atoms with van der Waals surface area (Å²) in [6, 6.07) is 6.39. The van der Waals surface area contributed by atoms with Gasteiger partial charge in [0.15, 0.2) is 0 Å². The Labute approximate surface area is 101 Å². The summed E-state index contributed by atoms with van der Waals surface area (Å²) in [7, 11) is 0. The highest BCUT2D eigenvalue weighted by Crippen LogP contribution is 2.22. The summed E-state index contributed by atoms with van der Waals surface area (Å²) in [6.45, 7) is 7.10. The van der Waals surface area contributed by atoms with Crippen LogP contribution in [0.25, 0.3) is 0 Å². The molecule has 0 aliphatic heterocycles. The highest BCUT2D eigenvalue weighted by molar-refractivity contribution is 9.10. The van der Waals surface area contributed by atoms with E-state index in [9.17, 15) is 0 Å². The van der Waals surface area contributed by atoms with E-state index in [1.165, 1.54) is 11.3 Å². The predicted molar refractivity (Wildman–Crippen MR) is 70.2 cm³/mol. The molecule has 0 atom stereocenters. The number of nitrogens with zero attached hydrogens (tertiary/aromatic N) is 1. The van der Waals surface area contributed by atoms with Crippen LogP contribution in [-0.4, -0.2) is 13.1 Å². The minimum Gasteiger partial charge on any atom is -0.372 e. The minimum atomic E-state index is 0.593. The van der Waals surface area contributed by atoms with E-state index in [0.29, 0.717) is 6.54 Å². The van der Waals surface area contributed by atoms with Crippen molar-refractivity contribution in [1.29, 1.82) is 0 Å². The van der Waals surface area contributed by atoms with E-state index in [1.54, 1.807) is 0 Å². The van der Waals surface area contributed by atoms with Gasteiger partial charge in [-0.05, 0) is 37.1 Å². The SMILES string of the molecule is CCCN(CC)c1cc(Br)cc(CN)c1. The fraction of sp³-hybridized carbons (Fsp3) is 0.500. The standard InChI is InChI=1S/C12H19BrN2/c1-3-5-15(4-2)12-7-10(9-14)6-11(13)8-12/h6-8H,3-5,9,14H2,1-2H3. The first kappa shape index (κ1) is 12.5. The van der Waals surface area contributed by atoms with E-state index >= 15 is 0 Å². The quantitative estimate of drug-likeness (QED) is 0.891. The monoisotopic (exact) mass is 270 g/mol. The molecule has 0 spiro atoms. The molecule has 0 aromatic heterocycles. The second kappa shape index (κ2) is 6.13. The third-order valence-corrected chi connectivity index (χ3v) is 2.88. The summed E-state index contributed by atoms with van der Waals surface area (Å²) < 4.78 is 1.11. The van der Waals surface area contributed by atoms with E-state index < -0.39 is 0 Å². The van der Waals surface area contributed by atoms with Crippen molar-refractivity contribution in [2.75, 3.05) is 18.0 Å². The average Bonchev–Trinajstić information content (AvgIpc) is 2.24. The Hall–Kier alpha value is -0.540. The largest absolute Gasteiger partial charge is 0.372 e. The minimum absolute atomic E-state index is 0.593. The lowest BCUT2D eigenvalue weighted by atomic mass is 10.2. The normalized spacial score (nSPS) is 10.4. The molecule has 84 valence electrons. The zero-order valence-corrected chi connectivity index (χ0v) is 11.0. The first-order valence-electron chi connectivity index (χ1n) is 5.45. The van der Waals surface area contributed by atoms with Crippen LogP contribution in [0, 0.1) is 0 Å². The molecule has 3 heteroatoms. The van der Waals surface area contributed by atoms with Crippen LogP contribution in [0.2, 0.25) is 0 Å². The molecule has 0 heterocycles. The predicted octanol–water partition coefficient (Wildman–Crippen LogP) is 3.14. The number of halogens is 1. The molecule has 0 saturated heterocycles. The van der Waals surface area contributed by atoms with Crippen LogP contribution >= 0.6 is 15.9 Å². The maximum Gasteiger partial charge on any atom is 0.0380 e. The van der Waals surface area contributed by atoms with Crippen LogP contribution in [0.1, 0.15) is 25.8 Å². The van der Waals surface area contributed by atoms with Gasteiger partial charge in [0.1, 0.15) is 0 Å². The molecule has 0 fully saturated rings. The third-order valence-electron chi connectivity index (χ3n) is 2.42. The van der Waals surface area contributed by atoms with E-state index in [1.807, 2.05) is 0 Å². The molecule has 1 aromatic rings. The molecule has 15 heavy (non-hydrogen) atoms. The van der Waals surface area contributed by atoms with E-state index in [0.717, 1.165) is 24.0 Å². The second-order valence-electron chi connectivity index (χ2n) is 3.60. The Morgan fingerprint density at radius 2 is 2.00 bits per heavy atom. The Bertz CT molecular complexity index is 312. The number of nitrogens with two attached hydrogens (primary N) is 1. The van der Waals surface area contributed by atoms with Gasteiger partial charge in [-0.3, -0.25) is 0 Å². The van der Waals surface area contributed by atoms with Gasteiger partial charge in [0.2, 0.25) is 0 Å². The van der Waals surface area contributed by atoms with Crippen LogP contribution in [0.15, 0.2) is 22.7 Å². The number of benzene rings is 1. The van der Waals surface area contributed by atoms with E-state index in [2.05, 4.69) is 52.9 Å². The van der Waals surface area contributed by atoms with Crippen molar-refractivity contribution in [2.45, 2.75) is 26.8 Å². The number of anilines is 1. The lowest BCUT2D eigenvalue weighted by molar-refractivity contribution is 0.790. The molecule has 0 aliphatic carbocycles. The Morgan fingerprint density at radius 3 is 2.53 bits per heavy atom. The van der Waals surface area contributed by atoms with Crippen molar-refractivity contribution >= 4 is 21.6 Å². The van der Waals surface area contributed by atoms with Gasteiger partial charge in [-0.1, -0.05) is 22.9 Å². The van der Waals surface area contributed by atoms with Gasteiger partial charge in [0.25, 0.3) is 0 Å². The van der Waals surface area contributed by atoms with Gasteiger partial charge in [-0.2, -0.15) is 0 Å². The number of hydrogen-bond donors (Lipinski definition) is 1. The molecule has 1 aromatic carbocycles. The summed E-state index contributed by atoms with van der Waals surface area (Å²) in [6.07, 6.45) is 1.16. The Kier molecular flexibility index (Phi) is 5.12. The first-order chi connectivity index (χ1) is 7.21. The molecule has 0 bridgehead atoms. The molecular weight excluding hydrogens is 252 g/mol. The lowest BCUT2D eigenvalue weighted by Crippen LogP contribution is -2.23. The summed E-state index contributed by atoms with van der Waals surface area (Å²) >= 11 is 3.52. The van der Waals surface area contributed by atoms with Gasteiger partial charge in [0, 0.05) is 29.8 Å². The molecule has 0 aliphatic rings. The zero-order chi connectivity index (χ0) is 11.3. The molecule has 2 N–H and O–H groups in total. The summed E-state index contributed by atoms with van der Waals surface area (Å²) in [5.41, 5.74) is 8.10. The molecule has 0 amide bonds. The van der Waals surface area contributed by atoms with Crippen LogP contribution < -0.4 is 10.6 Å². The van der Waals surface area contributed by atoms with Crippen molar-refractivity contribution in [3.8, 4) is 0 Å². The molecule has 1 rings (SSSR count). The van der Waals surface area contributed by atoms with Crippen molar-refractivity contribution in [3.63, 3.8) is 0 Å². The maximum absolute atomic E-state index is 5.66. The first-order valence-corrected chi connectivity index (χ1v) is 6.25. The summed E-state index contributed by atoms with van der Waals surface area (Å²) in [5.74, 6) is 0. The van der Waals surface area contributed by atoms with Gasteiger partial charge in [-0.15, -0.1) is 0 Å². The fourth-order valence-electron chi connectivity index (χ4n) is 1.67. The van der Waals surface area contributed by atoms with Crippen LogP contribution in [0.5, 0.6) is 0 Å². The number of hydrogen-bond acceptors (Lipinski definition) is 2. The molecule has 0 saturated carbocycles. The molecular formula is C12H19BrN2. The van der Waals surface area contributed by atoms with Gasteiger partial charge in [0.05, 0.1) is 0 Å². The fourth-order valence-corrected chi connectivity index (χ4v) is 2.20. The van der Waals surface area contributed by atoms with Gasteiger partial charge < -0.3 is 10.6 Å². The van der Waals surface area contributed by atoms with Crippen LogP contribution in [0.3, 0.4) is 0 Å². The third kappa shape index (κ3) is 3.50. The van der Waals surface area contributed by atoms with Crippen molar-refractivity contribution in [1.82, 2.24) is 0 Å². The van der Waals surface area contributed by atoms with Crippen LogP contribution in [0.4, 0.5) is 5.69 Å². The summed E-state index contributed by atoms with van der Waals surface area (Å²) in [5, 5.41) is 0.